The van der Waals surface area contributed by atoms with E-state index in [1.165, 1.54) is 26.0 Å². The van der Waals surface area contributed by atoms with Crippen LogP contribution in [-0.4, -0.2) is 60.7 Å². The molecule has 176 valence electrons. The SMILES string of the molecule is CNCCN(C(=C(\F)COC)/C(F)=C(\C)OC)c1ccc2ncc(-c3cnn(C)c3)cc2n1. The predicted molar refractivity (Wildman–Crippen MR) is 124 cm³/mol. The van der Waals surface area contributed by atoms with Crippen LogP contribution >= 0.6 is 0 Å². The second-order valence-electron chi connectivity index (χ2n) is 7.35. The van der Waals surface area contributed by atoms with Gasteiger partial charge in [0.25, 0.3) is 0 Å². The lowest BCUT2D eigenvalue weighted by Gasteiger charge is -2.27. The quantitative estimate of drug-likeness (QED) is 0.366. The number of hydrogen-bond acceptors (Lipinski definition) is 7. The highest BCUT2D eigenvalue weighted by Crippen LogP contribution is 2.30. The first-order valence-electron chi connectivity index (χ1n) is 10.4. The topological polar surface area (TPSA) is 77.3 Å². The maximum absolute atomic E-state index is 15.3. The Morgan fingerprint density at radius 2 is 1.94 bits per heavy atom. The lowest BCUT2D eigenvalue weighted by molar-refractivity contribution is 0.204. The van der Waals surface area contributed by atoms with E-state index >= 15 is 8.78 Å². The van der Waals surface area contributed by atoms with Gasteiger partial charge in [0.05, 0.1) is 24.3 Å². The molecule has 0 saturated heterocycles. The van der Waals surface area contributed by atoms with E-state index in [0.29, 0.717) is 23.4 Å². The zero-order valence-electron chi connectivity index (χ0n) is 19.4. The molecule has 0 aromatic carbocycles. The van der Waals surface area contributed by atoms with Gasteiger partial charge in [-0.1, -0.05) is 0 Å². The highest BCUT2D eigenvalue weighted by atomic mass is 19.1. The molecule has 0 spiro atoms. The number of rotatable bonds is 10. The van der Waals surface area contributed by atoms with Crippen molar-refractivity contribution in [3.63, 3.8) is 0 Å². The zero-order chi connectivity index (χ0) is 24.0. The van der Waals surface area contributed by atoms with Gasteiger partial charge in [0.1, 0.15) is 23.9 Å². The van der Waals surface area contributed by atoms with Crippen molar-refractivity contribution in [2.24, 2.45) is 7.05 Å². The van der Waals surface area contributed by atoms with E-state index in [4.69, 9.17) is 9.47 Å². The molecule has 0 radical (unpaired) electrons. The van der Waals surface area contributed by atoms with Crippen LogP contribution in [0.5, 0.6) is 0 Å². The summed E-state index contributed by atoms with van der Waals surface area (Å²) in [6, 6.07) is 5.33. The molecule has 3 aromatic rings. The third-order valence-corrected chi connectivity index (χ3v) is 5.04. The zero-order valence-corrected chi connectivity index (χ0v) is 19.4. The van der Waals surface area contributed by atoms with Crippen LogP contribution in [0.2, 0.25) is 0 Å². The summed E-state index contributed by atoms with van der Waals surface area (Å²) >= 11 is 0. The fraction of sp³-hybridized carbons (Fsp3) is 0.348. The molecule has 33 heavy (non-hydrogen) atoms. The van der Waals surface area contributed by atoms with Crippen LogP contribution in [0.25, 0.3) is 22.2 Å². The van der Waals surface area contributed by atoms with Crippen LogP contribution in [0, 0.1) is 0 Å². The average Bonchev–Trinajstić information content (AvgIpc) is 3.26. The number of pyridine rings is 2. The van der Waals surface area contributed by atoms with Crippen molar-refractivity contribution in [2.75, 3.05) is 45.9 Å². The number of methoxy groups -OCH3 is 2. The third-order valence-electron chi connectivity index (χ3n) is 5.04. The Labute approximate surface area is 191 Å². The van der Waals surface area contributed by atoms with Crippen LogP contribution < -0.4 is 10.2 Å². The second-order valence-corrected chi connectivity index (χ2v) is 7.35. The van der Waals surface area contributed by atoms with E-state index < -0.39 is 18.3 Å². The molecule has 0 amide bonds. The Bertz CT molecular complexity index is 1170. The first-order valence-corrected chi connectivity index (χ1v) is 10.4. The molecular weight excluding hydrogens is 430 g/mol. The molecule has 1 N–H and O–H groups in total. The molecule has 3 aromatic heterocycles. The molecular formula is C23H28F2N6O2. The lowest BCUT2D eigenvalue weighted by Crippen LogP contribution is -2.32. The van der Waals surface area contributed by atoms with Gasteiger partial charge in [-0.25, -0.2) is 13.8 Å². The number of nitrogens with zero attached hydrogens (tertiary/aromatic N) is 5. The number of nitrogens with one attached hydrogen (secondary N) is 1. The van der Waals surface area contributed by atoms with Gasteiger partial charge in [0.2, 0.25) is 0 Å². The summed E-state index contributed by atoms with van der Waals surface area (Å²) in [7, 11) is 6.27. The predicted octanol–water partition coefficient (Wildman–Crippen LogP) is 3.73. The highest BCUT2D eigenvalue weighted by Gasteiger charge is 2.25. The highest BCUT2D eigenvalue weighted by molar-refractivity contribution is 5.81. The number of hydrogen-bond donors (Lipinski definition) is 1. The molecule has 10 heteroatoms. The van der Waals surface area contributed by atoms with Gasteiger partial charge in [-0.2, -0.15) is 5.10 Å². The van der Waals surface area contributed by atoms with Crippen molar-refractivity contribution in [3.05, 3.63) is 59.9 Å². The Morgan fingerprint density at radius 3 is 2.58 bits per heavy atom. The number of halogens is 2. The van der Waals surface area contributed by atoms with Crippen molar-refractivity contribution >= 4 is 16.9 Å². The second kappa shape index (κ2) is 11.0. The molecule has 0 saturated carbocycles. The minimum atomic E-state index is -0.827. The third kappa shape index (κ3) is 5.52. The van der Waals surface area contributed by atoms with Crippen LogP contribution in [-0.2, 0) is 16.5 Å². The van der Waals surface area contributed by atoms with E-state index in [9.17, 15) is 0 Å². The van der Waals surface area contributed by atoms with Crippen molar-refractivity contribution in [2.45, 2.75) is 6.92 Å². The summed E-state index contributed by atoms with van der Waals surface area (Å²) in [6.07, 6.45) is 5.36. The number of allylic oxidation sites excluding steroid dienone is 2. The van der Waals surface area contributed by atoms with Crippen molar-refractivity contribution in [1.82, 2.24) is 25.1 Å². The summed E-state index contributed by atoms with van der Waals surface area (Å²) in [5.41, 5.74) is 2.69. The summed E-state index contributed by atoms with van der Waals surface area (Å²) in [5.74, 6) is -1.28. The average molecular weight is 459 g/mol. The van der Waals surface area contributed by atoms with E-state index in [-0.39, 0.29) is 18.0 Å². The van der Waals surface area contributed by atoms with E-state index in [2.05, 4.69) is 20.4 Å². The summed E-state index contributed by atoms with van der Waals surface area (Å²) < 4.78 is 42.0. The number of anilines is 1. The maximum Gasteiger partial charge on any atom is 0.186 e. The molecule has 0 aliphatic heterocycles. The maximum atomic E-state index is 15.3. The van der Waals surface area contributed by atoms with Gasteiger partial charge in [-0.3, -0.25) is 9.67 Å². The smallest absolute Gasteiger partial charge is 0.186 e. The Kier molecular flexibility index (Phi) is 8.07. The number of likely N-dealkylation sites (N-methyl/N-ethyl adjacent to an activating group) is 1. The Morgan fingerprint density at radius 1 is 1.15 bits per heavy atom. The first kappa shape index (κ1) is 24.3. The summed E-state index contributed by atoms with van der Waals surface area (Å²) in [4.78, 5) is 10.6. The van der Waals surface area contributed by atoms with E-state index in [1.54, 1.807) is 36.3 Å². The van der Waals surface area contributed by atoms with Crippen LogP contribution in [0.15, 0.2) is 59.9 Å². The van der Waals surface area contributed by atoms with E-state index in [0.717, 1.165) is 11.1 Å². The number of ether oxygens (including phenoxy) is 2. The van der Waals surface area contributed by atoms with Crippen LogP contribution in [0.4, 0.5) is 14.6 Å². The standard InChI is InChI=1S/C23H28F2N6O2/c1-15(33-5)22(25)23(18(24)14-32-4)31(9-8-26-2)21-7-6-19-20(29-21)10-16(11-27-19)17-12-28-30(3)13-17/h6-7,10-13,26H,8-9,14H2,1-5H3/b22-15-,23-18-. The number of aryl methyl sites for hydroxylation is 1. The minimum Gasteiger partial charge on any atom is -0.498 e. The molecule has 3 rings (SSSR count). The van der Waals surface area contributed by atoms with E-state index in [1.807, 2.05) is 19.3 Å². The monoisotopic (exact) mass is 458 g/mol. The summed E-state index contributed by atoms with van der Waals surface area (Å²) in [5, 5.41) is 7.20. The lowest BCUT2D eigenvalue weighted by atomic mass is 10.1. The summed E-state index contributed by atoms with van der Waals surface area (Å²) in [6.45, 7) is 1.75. The first-order chi connectivity index (χ1) is 15.9. The fourth-order valence-electron chi connectivity index (χ4n) is 3.27. The molecule has 8 nitrogen and oxygen atoms in total. The van der Waals surface area contributed by atoms with Crippen LogP contribution in [0.3, 0.4) is 0 Å². The molecule has 0 aliphatic rings. The molecule has 0 bridgehead atoms. The van der Waals surface area contributed by atoms with Crippen molar-refractivity contribution in [1.29, 1.82) is 0 Å². The van der Waals surface area contributed by atoms with Crippen molar-refractivity contribution < 1.29 is 18.3 Å². The van der Waals surface area contributed by atoms with Gasteiger partial charge in [-0.15, -0.1) is 0 Å². The van der Waals surface area contributed by atoms with Gasteiger partial charge in [0.15, 0.2) is 11.7 Å². The molecule has 0 fully saturated rings. The molecule has 3 heterocycles. The van der Waals surface area contributed by atoms with Gasteiger partial charge in [-0.05, 0) is 32.2 Å². The van der Waals surface area contributed by atoms with Crippen molar-refractivity contribution in [3.8, 4) is 11.1 Å². The normalized spacial score (nSPS) is 13.1. The number of fused-ring (bicyclic) bond motifs is 1. The fourth-order valence-corrected chi connectivity index (χ4v) is 3.27. The Balaban J connectivity index is 2.15. The molecule has 0 atom stereocenters. The van der Waals surface area contributed by atoms with Crippen LogP contribution in [0.1, 0.15) is 6.92 Å². The minimum absolute atomic E-state index is 0.0490. The van der Waals surface area contributed by atoms with Gasteiger partial charge in [0, 0.05) is 50.8 Å². The molecule has 0 aliphatic carbocycles. The largest absolute Gasteiger partial charge is 0.498 e. The Hall–Kier alpha value is -3.37. The number of aromatic nitrogens is 4. The molecule has 0 unspecified atom stereocenters. The van der Waals surface area contributed by atoms with Gasteiger partial charge >= 0.3 is 0 Å². The van der Waals surface area contributed by atoms with Gasteiger partial charge < -0.3 is 19.7 Å².